The van der Waals surface area contributed by atoms with Crippen LogP contribution in [0.2, 0.25) is 0 Å². The van der Waals surface area contributed by atoms with E-state index in [1.165, 1.54) is 0 Å². The minimum Gasteiger partial charge on any atom is -0.481 e. The fraction of sp³-hybridized carbons (Fsp3) is 0.857. The highest BCUT2D eigenvalue weighted by Crippen LogP contribution is 2.32. The molecule has 0 heterocycles. The summed E-state index contributed by atoms with van der Waals surface area (Å²) in [5.74, 6) is -0.219. The van der Waals surface area contributed by atoms with Crippen molar-refractivity contribution in [1.29, 1.82) is 0 Å². The molecule has 0 aromatic heterocycles. The van der Waals surface area contributed by atoms with Gasteiger partial charge in [-0.05, 0) is 38.0 Å². The smallest absolute Gasteiger partial charge is 0.306 e. The quantitative estimate of drug-likeness (QED) is 0.810. The van der Waals surface area contributed by atoms with Crippen molar-refractivity contribution in [3.8, 4) is 0 Å². The zero-order valence-corrected chi connectivity index (χ0v) is 11.0. The molecule has 2 N–H and O–H groups in total. The van der Waals surface area contributed by atoms with Crippen LogP contribution in [0, 0.1) is 17.8 Å². The van der Waals surface area contributed by atoms with Crippen molar-refractivity contribution in [2.24, 2.45) is 17.8 Å². The number of nitrogens with one attached hydrogen (secondary N) is 1. The monoisotopic (exact) mass is 253 g/mol. The predicted octanol–water partition coefficient (Wildman–Crippen LogP) is 2.18. The Kier molecular flexibility index (Phi) is 4.25. The van der Waals surface area contributed by atoms with E-state index < -0.39 is 5.97 Å². The summed E-state index contributed by atoms with van der Waals surface area (Å²) in [7, 11) is 0. The molecule has 2 fully saturated rings. The molecule has 18 heavy (non-hydrogen) atoms. The van der Waals surface area contributed by atoms with E-state index >= 15 is 0 Å². The molecule has 0 bridgehead atoms. The number of carboxylic acid groups (broad SMARTS) is 1. The Hall–Kier alpha value is -1.06. The first-order valence-corrected chi connectivity index (χ1v) is 7.11. The minimum atomic E-state index is -0.719. The summed E-state index contributed by atoms with van der Waals surface area (Å²) < 4.78 is 0. The number of hydrogen-bond acceptors (Lipinski definition) is 2. The molecular weight excluding hydrogens is 230 g/mol. The standard InChI is InChI=1S/C14H23NO3/c1-9-4-2-7-12(9)13(16)15-11-6-3-5-10(8-11)14(17)18/h9-12H,2-8H2,1H3,(H,15,16)(H,17,18). The van der Waals surface area contributed by atoms with Crippen LogP contribution >= 0.6 is 0 Å². The highest BCUT2D eigenvalue weighted by Gasteiger charge is 2.33. The zero-order chi connectivity index (χ0) is 13.1. The van der Waals surface area contributed by atoms with Gasteiger partial charge in [-0.3, -0.25) is 9.59 Å². The first-order valence-electron chi connectivity index (χ1n) is 7.11. The van der Waals surface area contributed by atoms with Gasteiger partial charge in [-0.15, -0.1) is 0 Å². The summed E-state index contributed by atoms with van der Waals surface area (Å²) in [6.45, 7) is 2.14. The van der Waals surface area contributed by atoms with Crippen molar-refractivity contribution in [2.75, 3.05) is 0 Å². The molecule has 4 heteroatoms. The average molecular weight is 253 g/mol. The molecule has 1 amide bonds. The number of carboxylic acids is 1. The van der Waals surface area contributed by atoms with E-state index in [1.807, 2.05) is 0 Å². The lowest BCUT2D eigenvalue weighted by molar-refractivity contribution is -0.143. The Morgan fingerprint density at radius 1 is 1.11 bits per heavy atom. The van der Waals surface area contributed by atoms with Gasteiger partial charge in [-0.25, -0.2) is 0 Å². The van der Waals surface area contributed by atoms with E-state index in [2.05, 4.69) is 12.2 Å². The van der Waals surface area contributed by atoms with Gasteiger partial charge in [-0.2, -0.15) is 0 Å². The number of hydrogen-bond donors (Lipinski definition) is 2. The van der Waals surface area contributed by atoms with Gasteiger partial charge in [0.05, 0.1) is 5.92 Å². The molecule has 2 aliphatic carbocycles. The average Bonchev–Trinajstić information content (AvgIpc) is 2.76. The number of carbonyl (C=O) groups is 2. The van der Waals surface area contributed by atoms with E-state index in [1.54, 1.807) is 0 Å². The zero-order valence-electron chi connectivity index (χ0n) is 11.0. The van der Waals surface area contributed by atoms with Crippen LogP contribution in [-0.4, -0.2) is 23.0 Å². The highest BCUT2D eigenvalue weighted by molar-refractivity contribution is 5.79. The fourth-order valence-electron chi connectivity index (χ4n) is 3.39. The van der Waals surface area contributed by atoms with Gasteiger partial charge in [0.2, 0.25) is 5.91 Å². The molecule has 0 aromatic carbocycles. The highest BCUT2D eigenvalue weighted by atomic mass is 16.4. The van der Waals surface area contributed by atoms with Crippen molar-refractivity contribution in [3.05, 3.63) is 0 Å². The number of carbonyl (C=O) groups excluding carboxylic acids is 1. The maximum absolute atomic E-state index is 12.1. The Labute approximate surface area is 108 Å². The molecule has 0 aliphatic heterocycles. The summed E-state index contributed by atoms with van der Waals surface area (Å²) in [5.41, 5.74) is 0. The van der Waals surface area contributed by atoms with E-state index in [9.17, 15) is 9.59 Å². The van der Waals surface area contributed by atoms with Crippen molar-refractivity contribution in [1.82, 2.24) is 5.32 Å². The van der Waals surface area contributed by atoms with Gasteiger partial charge >= 0.3 is 5.97 Å². The maximum atomic E-state index is 12.1. The summed E-state index contributed by atoms with van der Waals surface area (Å²) >= 11 is 0. The van der Waals surface area contributed by atoms with E-state index in [-0.39, 0.29) is 23.8 Å². The molecule has 0 aromatic rings. The van der Waals surface area contributed by atoms with Crippen LogP contribution in [0.25, 0.3) is 0 Å². The van der Waals surface area contributed by atoms with Crippen LogP contribution < -0.4 is 5.32 Å². The minimum absolute atomic E-state index is 0.0696. The van der Waals surface area contributed by atoms with Gasteiger partial charge in [0.15, 0.2) is 0 Å². The van der Waals surface area contributed by atoms with Crippen molar-refractivity contribution < 1.29 is 14.7 Å². The second-order valence-electron chi connectivity index (χ2n) is 5.92. The number of rotatable bonds is 3. The van der Waals surface area contributed by atoms with Crippen molar-refractivity contribution >= 4 is 11.9 Å². The fourth-order valence-corrected chi connectivity index (χ4v) is 3.39. The van der Waals surface area contributed by atoms with Gasteiger partial charge < -0.3 is 10.4 Å². The molecule has 0 spiro atoms. The SMILES string of the molecule is CC1CCCC1C(=O)NC1CCCC(C(=O)O)C1. The molecule has 2 aliphatic rings. The van der Waals surface area contributed by atoms with Crippen LogP contribution in [0.4, 0.5) is 0 Å². The van der Waals surface area contributed by atoms with Crippen LogP contribution in [-0.2, 0) is 9.59 Å². The van der Waals surface area contributed by atoms with Gasteiger partial charge in [0.25, 0.3) is 0 Å². The predicted molar refractivity (Wildman–Crippen MR) is 68.0 cm³/mol. The normalized spacial score (nSPS) is 36.3. The lowest BCUT2D eigenvalue weighted by Gasteiger charge is -2.29. The second-order valence-corrected chi connectivity index (χ2v) is 5.92. The Morgan fingerprint density at radius 2 is 1.83 bits per heavy atom. The van der Waals surface area contributed by atoms with E-state index in [0.717, 1.165) is 38.5 Å². The summed E-state index contributed by atoms with van der Waals surface area (Å²) in [4.78, 5) is 23.1. The summed E-state index contributed by atoms with van der Waals surface area (Å²) in [5, 5.41) is 12.1. The van der Waals surface area contributed by atoms with Crippen molar-refractivity contribution in [2.45, 2.75) is 57.9 Å². The molecule has 2 rings (SSSR count). The van der Waals surface area contributed by atoms with Crippen LogP contribution in [0.1, 0.15) is 51.9 Å². The molecule has 4 nitrogen and oxygen atoms in total. The van der Waals surface area contributed by atoms with E-state index in [4.69, 9.17) is 5.11 Å². The molecule has 4 atom stereocenters. The molecule has 2 saturated carbocycles. The van der Waals surface area contributed by atoms with Crippen LogP contribution in [0.3, 0.4) is 0 Å². The molecule has 4 unspecified atom stereocenters. The summed E-state index contributed by atoms with van der Waals surface area (Å²) in [6.07, 6.45) is 6.45. The van der Waals surface area contributed by atoms with Crippen LogP contribution in [0.5, 0.6) is 0 Å². The third-order valence-electron chi connectivity index (χ3n) is 4.57. The summed E-state index contributed by atoms with van der Waals surface area (Å²) in [6, 6.07) is 0.0696. The number of amides is 1. The molecule has 102 valence electrons. The Bertz CT molecular complexity index is 329. The molecular formula is C14H23NO3. The van der Waals surface area contributed by atoms with Crippen molar-refractivity contribution in [3.63, 3.8) is 0 Å². The first-order chi connectivity index (χ1) is 8.58. The first kappa shape index (κ1) is 13.4. The van der Waals surface area contributed by atoms with E-state index in [0.29, 0.717) is 12.3 Å². The Morgan fingerprint density at radius 3 is 2.44 bits per heavy atom. The largest absolute Gasteiger partial charge is 0.481 e. The van der Waals surface area contributed by atoms with Gasteiger partial charge in [-0.1, -0.05) is 19.8 Å². The number of aliphatic carboxylic acids is 1. The lowest BCUT2D eigenvalue weighted by atomic mass is 9.85. The maximum Gasteiger partial charge on any atom is 0.306 e. The van der Waals surface area contributed by atoms with Crippen LogP contribution in [0.15, 0.2) is 0 Å². The third kappa shape index (κ3) is 3.03. The Balaban J connectivity index is 1.85. The molecule has 0 saturated heterocycles. The topological polar surface area (TPSA) is 66.4 Å². The van der Waals surface area contributed by atoms with Gasteiger partial charge in [0, 0.05) is 12.0 Å². The molecule has 0 radical (unpaired) electrons. The van der Waals surface area contributed by atoms with Gasteiger partial charge in [0.1, 0.15) is 0 Å². The lowest BCUT2D eigenvalue weighted by Crippen LogP contribution is -2.43. The third-order valence-corrected chi connectivity index (χ3v) is 4.57. The second kappa shape index (κ2) is 5.72.